The first-order chi connectivity index (χ1) is 11.4. The molecule has 8 heteroatoms. The molecule has 0 atom stereocenters. The van der Waals surface area contributed by atoms with Gasteiger partial charge in [0.1, 0.15) is 5.82 Å². The number of rotatable bonds is 4. The monoisotopic (exact) mass is 401 g/mol. The molecule has 2 N–H and O–H groups in total. The minimum absolute atomic E-state index is 0. The number of carbonyl (C=O) groups is 1. The van der Waals surface area contributed by atoms with Crippen LogP contribution in [0.5, 0.6) is 0 Å². The normalized spacial score (nSPS) is 11.0. The smallest absolute Gasteiger partial charge is 0.253 e. The maximum Gasteiger partial charge on any atom is 0.253 e. The van der Waals surface area contributed by atoms with Crippen molar-refractivity contribution in [2.24, 2.45) is 10.7 Å². The van der Waals surface area contributed by atoms with E-state index in [2.05, 4.69) is 4.99 Å². The highest BCUT2D eigenvalue weighted by molar-refractivity contribution is 8.13. The summed E-state index contributed by atoms with van der Waals surface area (Å²) in [5, 5.41) is 0.339. The summed E-state index contributed by atoms with van der Waals surface area (Å²) in [7, 11) is 3.42. The second kappa shape index (κ2) is 9.65. The molecule has 0 aliphatic heterocycles. The van der Waals surface area contributed by atoms with Gasteiger partial charge in [0.15, 0.2) is 5.17 Å². The predicted octanol–water partition coefficient (Wildman–Crippen LogP) is 4.48. The molecule has 0 fully saturated rings. The lowest BCUT2D eigenvalue weighted by Crippen LogP contribution is -2.21. The Kier molecular flexibility index (Phi) is 8.22. The van der Waals surface area contributed by atoms with Crippen LogP contribution in [0.1, 0.15) is 15.9 Å². The first-order valence-electron chi connectivity index (χ1n) is 7.09. The summed E-state index contributed by atoms with van der Waals surface area (Å²) in [5.74, 6) is 0.0207. The number of nitrogens with zero attached hydrogens (tertiary/aromatic N) is 2. The largest absolute Gasteiger partial charge is 0.378 e. The Hall–Kier alpha value is -1.76. The van der Waals surface area contributed by atoms with Gasteiger partial charge in [-0.1, -0.05) is 35.5 Å². The van der Waals surface area contributed by atoms with Crippen LogP contribution in [-0.2, 0) is 5.75 Å². The molecule has 0 aliphatic carbocycles. The van der Waals surface area contributed by atoms with E-state index in [1.807, 2.05) is 18.2 Å². The summed E-state index contributed by atoms with van der Waals surface area (Å²) >= 11 is 7.04. The van der Waals surface area contributed by atoms with Gasteiger partial charge >= 0.3 is 0 Å². The van der Waals surface area contributed by atoms with Gasteiger partial charge in [-0.15, -0.1) is 12.4 Å². The van der Waals surface area contributed by atoms with E-state index in [1.54, 1.807) is 20.2 Å². The van der Waals surface area contributed by atoms with Crippen molar-refractivity contribution in [3.8, 4) is 0 Å². The lowest BCUT2D eigenvalue weighted by atomic mass is 10.1. The molecule has 2 aromatic carbocycles. The number of hydrogen-bond donors (Lipinski definition) is 1. The van der Waals surface area contributed by atoms with Crippen molar-refractivity contribution in [3.05, 3.63) is 64.4 Å². The van der Waals surface area contributed by atoms with Crippen molar-refractivity contribution in [1.82, 2.24) is 4.90 Å². The third-order valence-corrected chi connectivity index (χ3v) is 4.26. The molecule has 2 aromatic rings. The second-order valence-corrected chi connectivity index (χ2v) is 6.64. The molecule has 2 rings (SSSR count). The molecule has 0 heterocycles. The Morgan fingerprint density at radius 2 is 2.00 bits per heavy atom. The molecule has 1 amide bonds. The highest BCUT2D eigenvalue weighted by Gasteiger charge is 2.08. The van der Waals surface area contributed by atoms with Crippen LogP contribution < -0.4 is 5.73 Å². The van der Waals surface area contributed by atoms with Crippen LogP contribution in [0.15, 0.2) is 47.5 Å². The van der Waals surface area contributed by atoms with E-state index in [4.69, 9.17) is 17.3 Å². The molecule has 134 valence electrons. The average molecular weight is 402 g/mol. The van der Waals surface area contributed by atoms with Gasteiger partial charge in [0.05, 0.1) is 10.7 Å². The Bertz CT molecular complexity index is 784. The van der Waals surface area contributed by atoms with E-state index in [1.165, 1.54) is 34.9 Å². The first-order valence-corrected chi connectivity index (χ1v) is 8.46. The summed E-state index contributed by atoms with van der Waals surface area (Å²) in [6.45, 7) is 0. The first kappa shape index (κ1) is 21.3. The molecular weight excluding hydrogens is 384 g/mol. The van der Waals surface area contributed by atoms with Crippen molar-refractivity contribution in [2.45, 2.75) is 5.75 Å². The molecule has 4 nitrogen and oxygen atoms in total. The van der Waals surface area contributed by atoms with Crippen LogP contribution in [0.2, 0.25) is 5.02 Å². The number of carbonyl (C=O) groups excluding carboxylic acids is 1. The zero-order valence-electron chi connectivity index (χ0n) is 13.7. The van der Waals surface area contributed by atoms with Crippen LogP contribution in [0.25, 0.3) is 0 Å². The molecule has 0 spiro atoms. The average Bonchev–Trinajstić information content (AvgIpc) is 2.56. The van der Waals surface area contributed by atoms with Crippen LogP contribution in [0.3, 0.4) is 0 Å². The Balaban J connectivity index is 0.00000312. The summed E-state index contributed by atoms with van der Waals surface area (Å²) in [4.78, 5) is 17.7. The van der Waals surface area contributed by atoms with E-state index in [9.17, 15) is 9.18 Å². The van der Waals surface area contributed by atoms with Gasteiger partial charge in [-0.3, -0.25) is 4.79 Å². The topological polar surface area (TPSA) is 58.7 Å². The summed E-state index contributed by atoms with van der Waals surface area (Å²) in [6.07, 6.45) is 0. The summed E-state index contributed by atoms with van der Waals surface area (Å²) in [5.41, 5.74) is 7.96. The van der Waals surface area contributed by atoms with Gasteiger partial charge in [-0.2, -0.15) is 0 Å². The fourth-order valence-corrected chi connectivity index (χ4v) is 2.76. The SMILES string of the molecule is CN(C)C(=O)c1cccc(CSC(N)=Nc2ccc(F)c(Cl)c2)c1.Cl. The van der Waals surface area contributed by atoms with Crippen molar-refractivity contribution >= 4 is 52.5 Å². The minimum Gasteiger partial charge on any atom is -0.378 e. The fourth-order valence-electron chi connectivity index (χ4n) is 1.92. The van der Waals surface area contributed by atoms with Crippen molar-refractivity contribution in [1.29, 1.82) is 0 Å². The molecule has 0 bridgehead atoms. The third-order valence-electron chi connectivity index (χ3n) is 3.11. The highest BCUT2D eigenvalue weighted by Crippen LogP contribution is 2.23. The van der Waals surface area contributed by atoms with Crippen molar-refractivity contribution in [2.75, 3.05) is 14.1 Å². The van der Waals surface area contributed by atoms with Gasteiger partial charge in [0.2, 0.25) is 0 Å². The van der Waals surface area contributed by atoms with Gasteiger partial charge in [0, 0.05) is 25.4 Å². The quantitative estimate of drug-likeness (QED) is 0.606. The number of amides is 1. The maximum absolute atomic E-state index is 13.1. The molecule has 0 aliphatic rings. The highest BCUT2D eigenvalue weighted by atomic mass is 35.5. The Morgan fingerprint density at radius 1 is 1.28 bits per heavy atom. The van der Waals surface area contributed by atoms with Gasteiger partial charge in [0.25, 0.3) is 5.91 Å². The van der Waals surface area contributed by atoms with E-state index >= 15 is 0 Å². The molecule has 0 unspecified atom stereocenters. The number of nitrogens with two attached hydrogens (primary N) is 1. The molecule has 0 saturated carbocycles. The van der Waals surface area contributed by atoms with Crippen LogP contribution in [0.4, 0.5) is 10.1 Å². The molecule has 25 heavy (non-hydrogen) atoms. The minimum atomic E-state index is -0.496. The van der Waals surface area contributed by atoms with Crippen molar-refractivity contribution < 1.29 is 9.18 Å². The second-order valence-electron chi connectivity index (χ2n) is 5.24. The predicted molar refractivity (Wildman–Crippen MR) is 106 cm³/mol. The lowest BCUT2D eigenvalue weighted by molar-refractivity contribution is 0.0827. The van der Waals surface area contributed by atoms with Crippen LogP contribution >= 0.6 is 35.8 Å². The van der Waals surface area contributed by atoms with E-state index in [0.717, 1.165) is 5.56 Å². The van der Waals surface area contributed by atoms with Gasteiger partial charge < -0.3 is 10.6 Å². The standard InChI is InChI=1S/C17H17ClFN3OS.ClH/c1-22(2)16(23)12-5-3-4-11(8-12)10-24-17(20)21-13-6-7-15(19)14(18)9-13;/h3-9H,10H2,1-2H3,(H2,20,21);1H. The van der Waals surface area contributed by atoms with E-state index < -0.39 is 5.82 Å². The molecule has 0 aromatic heterocycles. The summed E-state index contributed by atoms with van der Waals surface area (Å²) in [6, 6.07) is 11.5. The number of benzene rings is 2. The number of halogens is 3. The zero-order valence-corrected chi connectivity index (χ0v) is 16.1. The fraction of sp³-hybridized carbons (Fsp3) is 0.176. The number of hydrogen-bond acceptors (Lipinski definition) is 3. The maximum atomic E-state index is 13.1. The zero-order chi connectivity index (χ0) is 17.7. The summed E-state index contributed by atoms with van der Waals surface area (Å²) < 4.78 is 13.1. The number of aliphatic imine (C=N–C) groups is 1. The van der Waals surface area contributed by atoms with Gasteiger partial charge in [-0.25, -0.2) is 9.38 Å². The Labute approximate surface area is 161 Å². The lowest BCUT2D eigenvalue weighted by Gasteiger charge is -2.11. The molecule has 0 radical (unpaired) electrons. The van der Waals surface area contributed by atoms with E-state index in [0.29, 0.717) is 22.2 Å². The van der Waals surface area contributed by atoms with E-state index in [-0.39, 0.29) is 23.3 Å². The van der Waals surface area contributed by atoms with Crippen molar-refractivity contribution in [3.63, 3.8) is 0 Å². The molecule has 0 saturated heterocycles. The molecular formula is C17H18Cl2FN3OS. The van der Waals surface area contributed by atoms with Crippen LogP contribution in [0, 0.1) is 5.82 Å². The third kappa shape index (κ3) is 6.23. The number of thioether (sulfide) groups is 1. The van der Waals surface area contributed by atoms with Crippen LogP contribution in [-0.4, -0.2) is 30.1 Å². The van der Waals surface area contributed by atoms with Gasteiger partial charge in [-0.05, 0) is 35.9 Å². The number of amidine groups is 1. The Morgan fingerprint density at radius 3 is 2.64 bits per heavy atom.